The number of carbonyl (C=O) groups excluding carboxylic acids is 1. The van der Waals surface area contributed by atoms with Gasteiger partial charge in [-0.1, -0.05) is 18.2 Å². The fourth-order valence-corrected chi connectivity index (χ4v) is 3.56. The van der Waals surface area contributed by atoms with Crippen molar-refractivity contribution in [2.24, 2.45) is 7.05 Å². The predicted octanol–water partition coefficient (Wildman–Crippen LogP) is 2.68. The van der Waals surface area contributed by atoms with E-state index in [-0.39, 0.29) is 11.9 Å². The Balaban J connectivity index is 1.63. The smallest absolute Gasteiger partial charge is 0.270 e. The molecule has 1 aromatic carbocycles. The van der Waals surface area contributed by atoms with Crippen LogP contribution in [0.15, 0.2) is 48.8 Å². The molecule has 0 spiro atoms. The molecule has 118 valence electrons. The Morgan fingerprint density at radius 1 is 1.30 bits per heavy atom. The van der Waals surface area contributed by atoms with Crippen molar-refractivity contribution in [2.75, 3.05) is 6.54 Å². The van der Waals surface area contributed by atoms with Gasteiger partial charge in [-0.15, -0.1) is 0 Å². The number of rotatable bonds is 3. The van der Waals surface area contributed by atoms with Gasteiger partial charge in [0, 0.05) is 36.9 Å². The lowest BCUT2D eigenvalue weighted by Crippen LogP contribution is -2.38. The van der Waals surface area contributed by atoms with Gasteiger partial charge in [0.25, 0.3) is 5.91 Å². The molecule has 3 aromatic rings. The molecule has 0 radical (unpaired) electrons. The second-order valence-corrected chi connectivity index (χ2v) is 6.17. The van der Waals surface area contributed by atoms with Gasteiger partial charge in [-0.05, 0) is 31.0 Å². The molecule has 1 saturated heterocycles. The van der Waals surface area contributed by atoms with Crippen LogP contribution in [0.3, 0.4) is 0 Å². The summed E-state index contributed by atoms with van der Waals surface area (Å²) in [5.74, 6) is 0.123. The molecule has 1 amide bonds. The Bertz CT molecular complexity index is 834. The van der Waals surface area contributed by atoms with Crippen molar-refractivity contribution >= 4 is 16.8 Å². The molecule has 23 heavy (non-hydrogen) atoms. The third-order valence-electron chi connectivity index (χ3n) is 4.77. The van der Waals surface area contributed by atoms with Crippen molar-refractivity contribution in [3.8, 4) is 0 Å². The number of fused-ring (bicyclic) bond motifs is 1. The topological polar surface area (TPSA) is 43.1 Å². The highest BCUT2D eigenvalue weighted by molar-refractivity contribution is 5.99. The van der Waals surface area contributed by atoms with Crippen molar-refractivity contribution in [2.45, 2.75) is 25.4 Å². The molecule has 0 bridgehead atoms. The summed E-state index contributed by atoms with van der Waals surface area (Å²) in [6.07, 6.45) is 5.83. The Hall–Kier alpha value is -2.56. The predicted molar refractivity (Wildman–Crippen MR) is 89.2 cm³/mol. The SMILES string of the molecule is Cn1c(C(=O)N2CCC[C@H]2Cn2cccn2)cc2ccccc21. The molecule has 0 N–H and O–H groups in total. The number of likely N-dealkylation sites (tertiary alicyclic amines) is 1. The van der Waals surface area contributed by atoms with Crippen LogP contribution in [0.4, 0.5) is 0 Å². The second-order valence-electron chi connectivity index (χ2n) is 6.17. The lowest BCUT2D eigenvalue weighted by molar-refractivity contribution is 0.0712. The fraction of sp³-hybridized carbons (Fsp3) is 0.333. The average Bonchev–Trinajstić information content (AvgIpc) is 3.29. The highest BCUT2D eigenvalue weighted by Crippen LogP contribution is 2.24. The van der Waals surface area contributed by atoms with Gasteiger partial charge in [-0.25, -0.2) is 0 Å². The van der Waals surface area contributed by atoms with Crippen molar-refractivity contribution in [1.29, 1.82) is 0 Å². The molecule has 2 aromatic heterocycles. The molecule has 4 rings (SSSR count). The average molecular weight is 308 g/mol. The van der Waals surface area contributed by atoms with Gasteiger partial charge in [0.1, 0.15) is 5.69 Å². The van der Waals surface area contributed by atoms with Crippen molar-refractivity contribution in [3.05, 3.63) is 54.5 Å². The van der Waals surface area contributed by atoms with Gasteiger partial charge in [-0.3, -0.25) is 9.48 Å². The van der Waals surface area contributed by atoms with E-state index in [1.807, 2.05) is 51.7 Å². The first-order valence-corrected chi connectivity index (χ1v) is 8.07. The minimum Gasteiger partial charge on any atom is -0.340 e. The summed E-state index contributed by atoms with van der Waals surface area (Å²) < 4.78 is 3.92. The van der Waals surface area contributed by atoms with E-state index in [0.29, 0.717) is 0 Å². The minimum absolute atomic E-state index is 0.123. The van der Waals surface area contributed by atoms with Crippen molar-refractivity contribution in [3.63, 3.8) is 0 Å². The Kier molecular flexibility index (Phi) is 3.41. The Morgan fingerprint density at radius 2 is 2.17 bits per heavy atom. The van der Waals surface area contributed by atoms with Gasteiger partial charge in [0.2, 0.25) is 0 Å². The first-order valence-electron chi connectivity index (χ1n) is 8.07. The quantitative estimate of drug-likeness (QED) is 0.746. The number of carbonyl (C=O) groups is 1. The first-order chi connectivity index (χ1) is 11.2. The zero-order valence-corrected chi connectivity index (χ0v) is 13.2. The largest absolute Gasteiger partial charge is 0.340 e. The molecule has 5 heteroatoms. The Morgan fingerprint density at radius 3 is 2.96 bits per heavy atom. The van der Waals surface area contributed by atoms with E-state index >= 15 is 0 Å². The van der Waals surface area contributed by atoms with E-state index in [1.54, 1.807) is 6.20 Å². The number of hydrogen-bond donors (Lipinski definition) is 0. The highest BCUT2D eigenvalue weighted by atomic mass is 16.2. The molecule has 5 nitrogen and oxygen atoms in total. The number of aryl methyl sites for hydroxylation is 1. The van der Waals surface area contributed by atoms with E-state index in [2.05, 4.69) is 17.2 Å². The molecule has 0 aliphatic carbocycles. The van der Waals surface area contributed by atoms with E-state index in [9.17, 15) is 4.79 Å². The molecular formula is C18H20N4O. The molecule has 0 unspecified atom stereocenters. The number of para-hydroxylation sites is 1. The molecular weight excluding hydrogens is 288 g/mol. The van der Waals surface area contributed by atoms with Crippen LogP contribution >= 0.6 is 0 Å². The van der Waals surface area contributed by atoms with Crippen LogP contribution in [0.2, 0.25) is 0 Å². The van der Waals surface area contributed by atoms with Crippen LogP contribution in [0.1, 0.15) is 23.3 Å². The zero-order chi connectivity index (χ0) is 15.8. The maximum absolute atomic E-state index is 13.1. The Labute approximate surface area is 135 Å². The monoisotopic (exact) mass is 308 g/mol. The summed E-state index contributed by atoms with van der Waals surface area (Å²) in [6, 6.07) is 12.3. The molecule has 0 saturated carbocycles. The summed E-state index contributed by atoms with van der Waals surface area (Å²) in [4.78, 5) is 15.1. The number of nitrogens with zero attached hydrogens (tertiary/aromatic N) is 4. The third-order valence-corrected chi connectivity index (χ3v) is 4.77. The summed E-state index contributed by atoms with van der Waals surface area (Å²) in [7, 11) is 1.97. The van der Waals surface area contributed by atoms with Gasteiger partial charge >= 0.3 is 0 Å². The van der Waals surface area contributed by atoms with E-state index in [4.69, 9.17) is 0 Å². The van der Waals surface area contributed by atoms with Crippen molar-refractivity contribution in [1.82, 2.24) is 19.2 Å². The van der Waals surface area contributed by atoms with Gasteiger partial charge in [-0.2, -0.15) is 5.10 Å². The first kappa shape index (κ1) is 14.1. The standard InChI is InChI=1S/C18H20N4O/c1-20-16-8-3-2-6-14(16)12-17(20)18(23)22-11-4-7-15(22)13-21-10-5-9-19-21/h2-3,5-6,8-10,12,15H,4,7,11,13H2,1H3/t15-/m0/s1. The highest BCUT2D eigenvalue weighted by Gasteiger charge is 2.31. The van der Waals surface area contributed by atoms with Crippen LogP contribution in [-0.4, -0.2) is 37.7 Å². The second kappa shape index (κ2) is 5.57. The van der Waals surface area contributed by atoms with E-state index < -0.39 is 0 Å². The maximum atomic E-state index is 13.1. The van der Waals surface area contributed by atoms with Gasteiger partial charge in [0.05, 0.1) is 12.6 Å². The lowest BCUT2D eigenvalue weighted by atomic mass is 10.2. The van der Waals surface area contributed by atoms with E-state index in [0.717, 1.165) is 42.5 Å². The van der Waals surface area contributed by atoms with Gasteiger partial charge in [0.15, 0.2) is 0 Å². The van der Waals surface area contributed by atoms with E-state index in [1.165, 1.54) is 0 Å². The minimum atomic E-state index is 0.123. The summed E-state index contributed by atoms with van der Waals surface area (Å²) in [5.41, 5.74) is 1.86. The zero-order valence-electron chi connectivity index (χ0n) is 13.2. The molecule has 1 aliphatic heterocycles. The number of hydrogen-bond acceptors (Lipinski definition) is 2. The summed E-state index contributed by atoms with van der Waals surface area (Å²) in [6.45, 7) is 1.59. The van der Waals surface area contributed by atoms with Crippen LogP contribution in [0, 0.1) is 0 Å². The molecule has 1 fully saturated rings. The summed E-state index contributed by atoms with van der Waals surface area (Å²) >= 11 is 0. The molecule has 1 atom stereocenters. The van der Waals surface area contributed by atoms with Gasteiger partial charge < -0.3 is 9.47 Å². The number of benzene rings is 1. The molecule has 3 heterocycles. The maximum Gasteiger partial charge on any atom is 0.270 e. The summed E-state index contributed by atoms with van der Waals surface area (Å²) in [5, 5.41) is 5.38. The molecule has 1 aliphatic rings. The number of aromatic nitrogens is 3. The number of amides is 1. The van der Waals surface area contributed by atoms with Crippen LogP contribution in [0.5, 0.6) is 0 Å². The van der Waals surface area contributed by atoms with Crippen molar-refractivity contribution < 1.29 is 4.79 Å². The van der Waals surface area contributed by atoms with Crippen LogP contribution in [0.25, 0.3) is 10.9 Å². The van der Waals surface area contributed by atoms with Crippen LogP contribution < -0.4 is 0 Å². The normalized spacial score (nSPS) is 18.0. The van der Waals surface area contributed by atoms with Crippen LogP contribution in [-0.2, 0) is 13.6 Å². The lowest BCUT2D eigenvalue weighted by Gasteiger charge is -2.25. The third kappa shape index (κ3) is 2.42. The fourth-order valence-electron chi connectivity index (χ4n) is 3.56.